The van der Waals surface area contributed by atoms with Gasteiger partial charge in [0.25, 0.3) is 0 Å². The Hall–Kier alpha value is -0.0800. The molecule has 0 aromatic heterocycles. The van der Waals surface area contributed by atoms with Gasteiger partial charge < -0.3 is 0 Å². The lowest BCUT2D eigenvalue weighted by molar-refractivity contribution is -0.364. The van der Waals surface area contributed by atoms with Crippen LogP contribution in [0, 0.1) is 5.92 Å². The zero-order valence-electron chi connectivity index (χ0n) is 9.91. The van der Waals surface area contributed by atoms with E-state index in [4.69, 9.17) is 9.78 Å². The Morgan fingerprint density at radius 3 is 2.13 bits per heavy atom. The zero-order chi connectivity index (χ0) is 10.5. The van der Waals surface area contributed by atoms with E-state index < -0.39 is 0 Å². The van der Waals surface area contributed by atoms with Crippen molar-refractivity contribution in [2.75, 3.05) is 0 Å². The first kappa shape index (κ1) is 11.4. The zero-order valence-corrected chi connectivity index (χ0v) is 9.91. The van der Waals surface area contributed by atoms with Gasteiger partial charge in [-0.2, -0.15) is 0 Å². The minimum Gasteiger partial charge on any atom is -0.233 e. The molecule has 2 atom stereocenters. The summed E-state index contributed by atoms with van der Waals surface area (Å²) in [5.41, 5.74) is 0. The van der Waals surface area contributed by atoms with Crippen LogP contribution >= 0.6 is 0 Å². The van der Waals surface area contributed by atoms with E-state index in [2.05, 4.69) is 6.92 Å². The van der Waals surface area contributed by atoms with Crippen LogP contribution in [0.4, 0.5) is 0 Å². The van der Waals surface area contributed by atoms with Gasteiger partial charge in [-0.05, 0) is 31.6 Å². The van der Waals surface area contributed by atoms with Crippen LogP contribution in [0.5, 0.6) is 0 Å². The molecule has 0 spiro atoms. The Kier molecular flexibility index (Phi) is 4.45. The summed E-state index contributed by atoms with van der Waals surface area (Å²) in [7, 11) is 0. The Morgan fingerprint density at radius 1 is 0.733 bits per heavy atom. The highest BCUT2D eigenvalue weighted by Crippen LogP contribution is 2.28. The molecule has 0 N–H and O–H groups in total. The van der Waals surface area contributed by atoms with Gasteiger partial charge in [0, 0.05) is 0 Å². The van der Waals surface area contributed by atoms with Crippen molar-refractivity contribution < 1.29 is 9.78 Å². The number of rotatable bonds is 3. The van der Waals surface area contributed by atoms with Gasteiger partial charge >= 0.3 is 0 Å². The average molecular weight is 212 g/mol. The summed E-state index contributed by atoms with van der Waals surface area (Å²) in [5.74, 6) is 0.683. The van der Waals surface area contributed by atoms with Gasteiger partial charge in [0.2, 0.25) is 0 Å². The smallest absolute Gasteiger partial charge is 0.0955 e. The third kappa shape index (κ3) is 3.46. The van der Waals surface area contributed by atoms with Gasteiger partial charge in [0.15, 0.2) is 0 Å². The maximum absolute atomic E-state index is 5.63. The second-order valence-corrected chi connectivity index (χ2v) is 5.25. The van der Waals surface area contributed by atoms with Gasteiger partial charge in [0.05, 0.1) is 12.2 Å². The third-order valence-corrected chi connectivity index (χ3v) is 3.90. The lowest BCUT2D eigenvalue weighted by Gasteiger charge is -2.30. The SMILES string of the molecule is CC1CCCCC1OOC1CCCCC1. The van der Waals surface area contributed by atoms with Crippen LogP contribution < -0.4 is 0 Å². The molecule has 0 radical (unpaired) electrons. The second-order valence-electron chi connectivity index (χ2n) is 5.25. The maximum Gasteiger partial charge on any atom is 0.0955 e. The Morgan fingerprint density at radius 2 is 1.40 bits per heavy atom. The van der Waals surface area contributed by atoms with E-state index in [1.807, 2.05) is 0 Å². The summed E-state index contributed by atoms with van der Waals surface area (Å²) in [6, 6.07) is 0. The fourth-order valence-electron chi connectivity index (χ4n) is 2.74. The Labute approximate surface area is 93.3 Å². The molecule has 0 aromatic rings. The molecule has 2 heteroatoms. The number of hydrogen-bond acceptors (Lipinski definition) is 2. The van der Waals surface area contributed by atoms with Crippen molar-refractivity contribution in [3.63, 3.8) is 0 Å². The molecule has 2 unspecified atom stereocenters. The molecule has 2 saturated carbocycles. The topological polar surface area (TPSA) is 18.5 Å². The summed E-state index contributed by atoms with van der Waals surface area (Å²) in [6.45, 7) is 2.29. The van der Waals surface area contributed by atoms with Crippen molar-refractivity contribution in [2.45, 2.75) is 76.9 Å². The van der Waals surface area contributed by atoms with E-state index in [1.54, 1.807) is 0 Å². The van der Waals surface area contributed by atoms with Crippen LogP contribution in [0.25, 0.3) is 0 Å². The van der Waals surface area contributed by atoms with E-state index in [-0.39, 0.29) is 0 Å². The quantitative estimate of drug-likeness (QED) is 0.522. The van der Waals surface area contributed by atoms with Gasteiger partial charge in [-0.1, -0.05) is 39.0 Å². The molecule has 0 bridgehead atoms. The monoisotopic (exact) mass is 212 g/mol. The van der Waals surface area contributed by atoms with Gasteiger partial charge in [-0.25, -0.2) is 9.78 Å². The second kappa shape index (κ2) is 5.86. The average Bonchev–Trinajstić information content (AvgIpc) is 2.29. The fraction of sp³-hybridized carbons (Fsp3) is 1.00. The van der Waals surface area contributed by atoms with Gasteiger partial charge in [-0.15, -0.1) is 0 Å². The van der Waals surface area contributed by atoms with E-state index in [1.165, 1.54) is 57.8 Å². The van der Waals surface area contributed by atoms with Crippen molar-refractivity contribution in [3.8, 4) is 0 Å². The molecule has 0 saturated heterocycles. The summed E-state index contributed by atoms with van der Waals surface area (Å²) in [6.07, 6.45) is 12.3. The lowest BCUT2D eigenvalue weighted by Crippen LogP contribution is -2.28. The molecule has 0 aromatic carbocycles. The highest BCUT2D eigenvalue weighted by Gasteiger charge is 2.24. The first-order chi connectivity index (χ1) is 7.36. The largest absolute Gasteiger partial charge is 0.233 e. The van der Waals surface area contributed by atoms with Crippen LogP contribution in [0.2, 0.25) is 0 Å². The van der Waals surface area contributed by atoms with Crippen LogP contribution in [0.15, 0.2) is 0 Å². The van der Waals surface area contributed by atoms with Crippen LogP contribution in [-0.4, -0.2) is 12.2 Å². The predicted molar refractivity (Wildman–Crippen MR) is 60.5 cm³/mol. The highest BCUT2D eigenvalue weighted by molar-refractivity contribution is 4.71. The molecule has 88 valence electrons. The Balaban J connectivity index is 1.67. The molecular formula is C13H24O2. The first-order valence-corrected chi connectivity index (χ1v) is 6.68. The molecule has 0 aliphatic heterocycles. The molecule has 2 rings (SSSR count). The van der Waals surface area contributed by atoms with Crippen molar-refractivity contribution in [1.29, 1.82) is 0 Å². The fourth-order valence-corrected chi connectivity index (χ4v) is 2.74. The van der Waals surface area contributed by atoms with E-state index in [9.17, 15) is 0 Å². The van der Waals surface area contributed by atoms with Crippen LogP contribution in [0.3, 0.4) is 0 Å². The first-order valence-electron chi connectivity index (χ1n) is 6.68. The number of hydrogen-bond donors (Lipinski definition) is 0. The third-order valence-electron chi connectivity index (χ3n) is 3.90. The normalized spacial score (nSPS) is 34.2. The summed E-state index contributed by atoms with van der Waals surface area (Å²) in [5, 5.41) is 0. The van der Waals surface area contributed by atoms with Crippen LogP contribution in [-0.2, 0) is 9.78 Å². The standard InChI is InChI=1S/C13H24O2/c1-11-7-5-6-10-13(11)15-14-12-8-3-2-4-9-12/h11-13H,2-10H2,1H3. The highest BCUT2D eigenvalue weighted by atomic mass is 17.2. The lowest BCUT2D eigenvalue weighted by atomic mass is 9.88. The minimum atomic E-state index is 0.362. The molecule has 2 aliphatic carbocycles. The van der Waals surface area contributed by atoms with Gasteiger partial charge in [-0.3, -0.25) is 0 Å². The molecular weight excluding hydrogens is 188 g/mol. The molecule has 0 amide bonds. The summed E-state index contributed by atoms with van der Waals surface area (Å²) in [4.78, 5) is 11.2. The summed E-state index contributed by atoms with van der Waals surface area (Å²) >= 11 is 0. The van der Waals surface area contributed by atoms with E-state index >= 15 is 0 Å². The van der Waals surface area contributed by atoms with E-state index in [0.29, 0.717) is 18.1 Å². The van der Waals surface area contributed by atoms with Crippen molar-refractivity contribution in [1.82, 2.24) is 0 Å². The van der Waals surface area contributed by atoms with Crippen molar-refractivity contribution in [2.24, 2.45) is 5.92 Å². The maximum atomic E-state index is 5.63. The van der Waals surface area contributed by atoms with Crippen molar-refractivity contribution >= 4 is 0 Å². The molecule has 15 heavy (non-hydrogen) atoms. The van der Waals surface area contributed by atoms with Gasteiger partial charge in [0.1, 0.15) is 0 Å². The van der Waals surface area contributed by atoms with Crippen molar-refractivity contribution in [3.05, 3.63) is 0 Å². The predicted octanol–water partition coefficient (Wildman–Crippen LogP) is 3.85. The molecule has 0 heterocycles. The minimum absolute atomic E-state index is 0.362. The Bertz CT molecular complexity index is 175. The summed E-state index contributed by atoms with van der Waals surface area (Å²) < 4.78 is 0. The molecule has 2 nitrogen and oxygen atoms in total. The van der Waals surface area contributed by atoms with Crippen LogP contribution in [0.1, 0.15) is 64.7 Å². The molecule has 2 fully saturated rings. The molecule has 2 aliphatic rings. The van der Waals surface area contributed by atoms with E-state index in [0.717, 1.165) is 0 Å².